The van der Waals surface area contributed by atoms with Crippen molar-refractivity contribution < 1.29 is 9.53 Å². The minimum atomic E-state index is -0.515. The molecule has 29 heavy (non-hydrogen) atoms. The van der Waals surface area contributed by atoms with Gasteiger partial charge in [-0.05, 0) is 57.0 Å². The average Bonchev–Trinajstić information content (AvgIpc) is 2.68. The predicted octanol–water partition coefficient (Wildman–Crippen LogP) is 3.57. The van der Waals surface area contributed by atoms with E-state index in [9.17, 15) is 10.1 Å². The van der Waals surface area contributed by atoms with Gasteiger partial charge in [0.1, 0.15) is 17.5 Å². The van der Waals surface area contributed by atoms with E-state index in [4.69, 9.17) is 10.5 Å². The lowest BCUT2D eigenvalue weighted by molar-refractivity contribution is 0.0240. The molecule has 0 saturated carbocycles. The number of hydrogen-bond donors (Lipinski definition) is 1. The first-order valence-corrected chi connectivity index (χ1v) is 9.67. The largest absolute Gasteiger partial charge is 0.444 e. The van der Waals surface area contributed by atoms with Crippen LogP contribution in [0.15, 0.2) is 30.5 Å². The SMILES string of the molecule is Cc1ccc(N)cc1-c1cnc(N2CCN(C(=O)OC(C)(C)C)CC2)c(C#N)c1. The monoisotopic (exact) mass is 393 g/mol. The summed E-state index contributed by atoms with van der Waals surface area (Å²) in [5.74, 6) is 0.640. The van der Waals surface area contributed by atoms with E-state index < -0.39 is 5.60 Å². The summed E-state index contributed by atoms with van der Waals surface area (Å²) in [5.41, 5.74) is 9.49. The van der Waals surface area contributed by atoms with Gasteiger partial charge in [0.25, 0.3) is 0 Å². The Labute approximate surface area is 171 Å². The number of aromatic nitrogens is 1. The first kappa shape index (κ1) is 20.5. The fraction of sp³-hybridized carbons (Fsp3) is 0.409. The number of carbonyl (C=O) groups excluding carboxylic acids is 1. The van der Waals surface area contributed by atoms with Crippen LogP contribution in [0.3, 0.4) is 0 Å². The molecule has 152 valence electrons. The zero-order valence-corrected chi connectivity index (χ0v) is 17.4. The molecular weight excluding hydrogens is 366 g/mol. The molecule has 1 aromatic heterocycles. The Kier molecular flexibility index (Phi) is 5.64. The highest BCUT2D eigenvalue weighted by molar-refractivity contribution is 5.73. The number of nitrogen functional groups attached to an aromatic ring is 1. The minimum Gasteiger partial charge on any atom is -0.444 e. The van der Waals surface area contributed by atoms with Gasteiger partial charge in [0.15, 0.2) is 0 Å². The maximum absolute atomic E-state index is 12.2. The molecule has 3 rings (SSSR count). The van der Waals surface area contributed by atoms with Gasteiger partial charge in [0.05, 0.1) is 5.56 Å². The Morgan fingerprint density at radius 1 is 1.21 bits per heavy atom. The highest BCUT2D eigenvalue weighted by Gasteiger charge is 2.27. The van der Waals surface area contributed by atoms with Gasteiger partial charge < -0.3 is 20.3 Å². The normalized spacial score (nSPS) is 14.4. The summed E-state index contributed by atoms with van der Waals surface area (Å²) >= 11 is 0. The molecule has 1 amide bonds. The first-order valence-electron chi connectivity index (χ1n) is 9.67. The van der Waals surface area contributed by atoms with Gasteiger partial charge in [-0.2, -0.15) is 5.26 Å². The molecule has 1 saturated heterocycles. The number of aryl methyl sites for hydroxylation is 1. The molecule has 1 aromatic carbocycles. The zero-order chi connectivity index (χ0) is 21.2. The van der Waals surface area contributed by atoms with E-state index in [2.05, 4.69) is 11.1 Å². The van der Waals surface area contributed by atoms with E-state index in [1.165, 1.54) is 0 Å². The molecule has 2 aromatic rings. The molecular formula is C22H27N5O2. The van der Waals surface area contributed by atoms with E-state index in [-0.39, 0.29) is 6.09 Å². The number of benzene rings is 1. The van der Waals surface area contributed by atoms with Crippen LogP contribution in [0, 0.1) is 18.3 Å². The molecule has 1 aliphatic rings. The number of anilines is 2. The van der Waals surface area contributed by atoms with E-state index >= 15 is 0 Å². The van der Waals surface area contributed by atoms with Crippen LogP contribution in [0.5, 0.6) is 0 Å². The second-order valence-corrected chi connectivity index (χ2v) is 8.24. The van der Waals surface area contributed by atoms with Gasteiger partial charge >= 0.3 is 6.09 Å². The van der Waals surface area contributed by atoms with E-state index in [0.717, 1.165) is 16.7 Å². The summed E-state index contributed by atoms with van der Waals surface area (Å²) in [7, 11) is 0. The summed E-state index contributed by atoms with van der Waals surface area (Å²) in [6.45, 7) is 9.81. The quantitative estimate of drug-likeness (QED) is 0.784. The van der Waals surface area contributed by atoms with Gasteiger partial charge in [-0.15, -0.1) is 0 Å². The van der Waals surface area contributed by atoms with E-state index in [0.29, 0.717) is 43.2 Å². The number of nitrogens with two attached hydrogens (primary N) is 1. The molecule has 2 N–H and O–H groups in total. The fourth-order valence-corrected chi connectivity index (χ4v) is 3.32. The summed E-state index contributed by atoms with van der Waals surface area (Å²) in [6, 6.07) is 9.82. The summed E-state index contributed by atoms with van der Waals surface area (Å²) in [4.78, 5) is 20.6. The lowest BCUT2D eigenvalue weighted by Gasteiger charge is -2.36. The molecule has 7 heteroatoms. The highest BCUT2D eigenvalue weighted by Crippen LogP contribution is 2.29. The van der Waals surface area contributed by atoms with Gasteiger partial charge in [-0.3, -0.25) is 0 Å². The van der Waals surface area contributed by atoms with Gasteiger partial charge in [0, 0.05) is 43.6 Å². The predicted molar refractivity (Wildman–Crippen MR) is 114 cm³/mol. The number of pyridine rings is 1. The van der Waals surface area contributed by atoms with Crippen LogP contribution >= 0.6 is 0 Å². The molecule has 1 aliphatic heterocycles. The number of nitriles is 1. The van der Waals surface area contributed by atoms with Crippen LogP contribution in [0.2, 0.25) is 0 Å². The second kappa shape index (κ2) is 8.00. The van der Waals surface area contributed by atoms with Crippen molar-refractivity contribution in [2.45, 2.75) is 33.3 Å². The summed E-state index contributed by atoms with van der Waals surface area (Å²) in [5, 5.41) is 9.69. The van der Waals surface area contributed by atoms with Crippen LogP contribution in [0.4, 0.5) is 16.3 Å². The molecule has 0 spiro atoms. The van der Waals surface area contributed by atoms with Crippen molar-refractivity contribution in [2.75, 3.05) is 36.8 Å². The van der Waals surface area contributed by atoms with Gasteiger partial charge in [0.2, 0.25) is 0 Å². The standard InChI is InChI=1S/C22H27N5O2/c1-15-5-6-18(24)12-19(15)17-11-16(13-23)20(25-14-17)26-7-9-27(10-8-26)21(28)29-22(2,3)4/h5-6,11-12,14H,7-10,24H2,1-4H3. The molecule has 7 nitrogen and oxygen atoms in total. The molecule has 0 aliphatic carbocycles. The second-order valence-electron chi connectivity index (χ2n) is 8.24. The highest BCUT2D eigenvalue weighted by atomic mass is 16.6. The topological polar surface area (TPSA) is 95.5 Å². The van der Waals surface area contributed by atoms with Crippen LogP contribution in [-0.4, -0.2) is 47.8 Å². The van der Waals surface area contributed by atoms with Crippen LogP contribution in [0.25, 0.3) is 11.1 Å². The van der Waals surface area contributed by atoms with E-state index in [1.54, 1.807) is 11.1 Å². The fourth-order valence-electron chi connectivity index (χ4n) is 3.32. The Morgan fingerprint density at radius 2 is 1.90 bits per heavy atom. The number of amides is 1. The Morgan fingerprint density at radius 3 is 2.52 bits per heavy atom. The Balaban J connectivity index is 1.76. The third kappa shape index (κ3) is 4.77. The van der Waals surface area contributed by atoms with Crippen molar-refractivity contribution in [3.8, 4) is 17.2 Å². The number of piperazine rings is 1. The molecule has 0 radical (unpaired) electrons. The third-order valence-corrected chi connectivity index (χ3v) is 4.79. The summed E-state index contributed by atoms with van der Waals surface area (Å²) < 4.78 is 5.44. The Bertz CT molecular complexity index is 951. The maximum Gasteiger partial charge on any atom is 0.410 e. The third-order valence-electron chi connectivity index (χ3n) is 4.79. The van der Waals surface area contributed by atoms with Crippen LogP contribution < -0.4 is 10.6 Å². The molecule has 0 atom stereocenters. The van der Waals surface area contributed by atoms with E-state index in [1.807, 2.05) is 56.9 Å². The number of rotatable bonds is 2. The number of nitrogens with zero attached hydrogens (tertiary/aromatic N) is 4. The molecule has 0 bridgehead atoms. The average molecular weight is 393 g/mol. The van der Waals surface area contributed by atoms with Crippen LogP contribution in [-0.2, 0) is 4.74 Å². The number of ether oxygens (including phenoxy) is 1. The molecule has 2 heterocycles. The van der Waals surface area contributed by atoms with Crippen molar-refractivity contribution in [1.82, 2.24) is 9.88 Å². The van der Waals surface area contributed by atoms with Gasteiger partial charge in [-0.1, -0.05) is 6.07 Å². The van der Waals surface area contributed by atoms with Crippen molar-refractivity contribution in [3.05, 3.63) is 41.6 Å². The maximum atomic E-state index is 12.2. The van der Waals surface area contributed by atoms with Crippen molar-refractivity contribution in [3.63, 3.8) is 0 Å². The minimum absolute atomic E-state index is 0.307. The summed E-state index contributed by atoms with van der Waals surface area (Å²) in [6.07, 6.45) is 1.47. The van der Waals surface area contributed by atoms with Gasteiger partial charge in [-0.25, -0.2) is 9.78 Å². The van der Waals surface area contributed by atoms with Crippen molar-refractivity contribution in [1.29, 1.82) is 5.26 Å². The first-order chi connectivity index (χ1) is 13.7. The zero-order valence-electron chi connectivity index (χ0n) is 17.4. The smallest absolute Gasteiger partial charge is 0.410 e. The van der Waals surface area contributed by atoms with Crippen molar-refractivity contribution in [2.24, 2.45) is 0 Å². The lowest BCUT2D eigenvalue weighted by Crippen LogP contribution is -2.50. The van der Waals surface area contributed by atoms with Crippen LogP contribution in [0.1, 0.15) is 31.9 Å². The molecule has 0 unspecified atom stereocenters. The van der Waals surface area contributed by atoms with Crippen molar-refractivity contribution >= 4 is 17.6 Å². The lowest BCUT2D eigenvalue weighted by atomic mass is 10.00. The number of carbonyl (C=O) groups is 1. The molecule has 1 fully saturated rings. The number of hydrogen-bond acceptors (Lipinski definition) is 6. The Hall–Kier alpha value is -3.27.